The Hall–Kier alpha value is -3.38. The Labute approximate surface area is 228 Å². The number of halogens is 1. The van der Waals surface area contributed by atoms with Gasteiger partial charge in [-0.3, -0.25) is 9.59 Å². The first-order chi connectivity index (χ1) is 18.5. The van der Waals surface area contributed by atoms with Gasteiger partial charge in [-0.2, -0.15) is 0 Å². The standard InChI is InChI=1S/C32H33FN2O2S/c1-22-7-9-23(10-8-22)17-18-34-31(36)26-13-16-29-28(20-26)35(21-25-11-14-27(33)15-12-25)32(37)30(38-29)19-24-5-3-2-4-6-24/h2-12,14-15,19,26,28-29H,13,16-18,20-21H2,1H3,(H,34,36)/b30-19-. The second-order valence-electron chi connectivity index (χ2n) is 10.2. The molecule has 2 aliphatic rings. The third-order valence-corrected chi connectivity index (χ3v) is 8.87. The van der Waals surface area contributed by atoms with Gasteiger partial charge in [0.1, 0.15) is 5.82 Å². The van der Waals surface area contributed by atoms with E-state index in [4.69, 9.17) is 0 Å². The Balaban J connectivity index is 1.30. The molecule has 2 amide bonds. The van der Waals surface area contributed by atoms with E-state index in [1.165, 1.54) is 23.3 Å². The predicted molar refractivity (Wildman–Crippen MR) is 152 cm³/mol. The van der Waals surface area contributed by atoms with Crippen molar-refractivity contribution in [1.29, 1.82) is 0 Å². The molecule has 1 N–H and O–H groups in total. The summed E-state index contributed by atoms with van der Waals surface area (Å²) in [5.41, 5.74) is 4.30. The van der Waals surface area contributed by atoms with Crippen molar-refractivity contribution in [3.63, 3.8) is 0 Å². The van der Waals surface area contributed by atoms with Crippen LogP contribution in [0.2, 0.25) is 0 Å². The van der Waals surface area contributed by atoms with Crippen LogP contribution in [0.15, 0.2) is 83.8 Å². The van der Waals surface area contributed by atoms with E-state index in [9.17, 15) is 14.0 Å². The molecule has 5 rings (SSSR count). The van der Waals surface area contributed by atoms with Crippen molar-refractivity contribution in [1.82, 2.24) is 10.2 Å². The summed E-state index contributed by atoms with van der Waals surface area (Å²) in [7, 11) is 0. The average molecular weight is 529 g/mol. The summed E-state index contributed by atoms with van der Waals surface area (Å²) in [5.74, 6) is -0.375. The summed E-state index contributed by atoms with van der Waals surface area (Å²) in [6.07, 6.45) is 5.07. The highest BCUT2D eigenvalue weighted by molar-refractivity contribution is 8.04. The maximum Gasteiger partial charge on any atom is 0.260 e. The lowest BCUT2D eigenvalue weighted by Gasteiger charge is -2.46. The molecule has 4 nitrogen and oxygen atoms in total. The Morgan fingerprint density at radius 2 is 1.71 bits per heavy atom. The molecule has 1 aliphatic heterocycles. The van der Waals surface area contributed by atoms with Gasteiger partial charge in [0.25, 0.3) is 5.91 Å². The molecule has 0 aromatic heterocycles. The van der Waals surface area contributed by atoms with Gasteiger partial charge in [0.05, 0.1) is 4.91 Å². The molecule has 6 heteroatoms. The Morgan fingerprint density at radius 1 is 1.00 bits per heavy atom. The van der Waals surface area contributed by atoms with Crippen LogP contribution in [0.25, 0.3) is 6.08 Å². The average Bonchev–Trinajstić information content (AvgIpc) is 2.93. The monoisotopic (exact) mass is 528 g/mol. The van der Waals surface area contributed by atoms with Crippen LogP contribution in [-0.4, -0.2) is 34.6 Å². The SMILES string of the molecule is Cc1ccc(CCNC(=O)C2CCC3S/C(=C\c4ccccc4)C(=O)N(Cc4ccc(F)cc4)C3C2)cc1. The molecule has 0 spiro atoms. The number of benzene rings is 3. The Kier molecular flexibility index (Phi) is 8.28. The first-order valence-corrected chi connectivity index (χ1v) is 14.2. The lowest BCUT2D eigenvalue weighted by atomic mass is 9.83. The van der Waals surface area contributed by atoms with E-state index in [0.29, 0.717) is 19.5 Å². The number of fused-ring (bicyclic) bond motifs is 1. The summed E-state index contributed by atoms with van der Waals surface area (Å²) < 4.78 is 13.5. The minimum atomic E-state index is -0.295. The number of carbonyl (C=O) groups is 2. The molecule has 1 heterocycles. The third-order valence-electron chi connectivity index (χ3n) is 7.47. The van der Waals surface area contributed by atoms with Gasteiger partial charge in [0.15, 0.2) is 0 Å². The van der Waals surface area contributed by atoms with Gasteiger partial charge < -0.3 is 10.2 Å². The van der Waals surface area contributed by atoms with E-state index in [0.717, 1.165) is 35.3 Å². The first-order valence-electron chi connectivity index (χ1n) is 13.3. The highest BCUT2D eigenvalue weighted by Crippen LogP contribution is 2.44. The highest BCUT2D eigenvalue weighted by Gasteiger charge is 2.44. The second-order valence-corrected chi connectivity index (χ2v) is 11.5. The van der Waals surface area contributed by atoms with Crippen LogP contribution in [0.1, 0.15) is 41.5 Å². The van der Waals surface area contributed by atoms with Crippen molar-refractivity contribution < 1.29 is 14.0 Å². The maximum absolute atomic E-state index is 13.7. The van der Waals surface area contributed by atoms with Gasteiger partial charge in [0.2, 0.25) is 5.91 Å². The molecule has 0 bridgehead atoms. The summed E-state index contributed by atoms with van der Waals surface area (Å²) in [5, 5.41) is 3.35. The number of nitrogens with zero attached hydrogens (tertiary/aromatic N) is 1. The van der Waals surface area contributed by atoms with Crippen LogP contribution < -0.4 is 5.32 Å². The number of thioether (sulfide) groups is 1. The van der Waals surface area contributed by atoms with Gasteiger partial charge in [-0.05, 0) is 67.5 Å². The van der Waals surface area contributed by atoms with E-state index in [2.05, 4.69) is 36.5 Å². The summed E-state index contributed by atoms with van der Waals surface area (Å²) in [6.45, 7) is 3.06. The summed E-state index contributed by atoms with van der Waals surface area (Å²) in [6, 6.07) is 24.5. The van der Waals surface area contributed by atoms with Gasteiger partial charge in [-0.15, -0.1) is 11.8 Å². The van der Waals surface area contributed by atoms with Crippen molar-refractivity contribution in [3.8, 4) is 0 Å². The zero-order valence-corrected chi connectivity index (χ0v) is 22.4. The van der Waals surface area contributed by atoms with E-state index < -0.39 is 0 Å². The number of rotatable bonds is 7. The van der Waals surface area contributed by atoms with Crippen molar-refractivity contribution in [2.45, 2.75) is 50.4 Å². The molecule has 0 radical (unpaired) electrons. The Bertz CT molecular complexity index is 1290. The van der Waals surface area contributed by atoms with Gasteiger partial charge in [-0.25, -0.2) is 4.39 Å². The lowest BCUT2D eigenvalue weighted by Crippen LogP contribution is -2.53. The molecule has 38 heavy (non-hydrogen) atoms. The number of nitrogens with one attached hydrogen (secondary N) is 1. The van der Waals surface area contributed by atoms with E-state index >= 15 is 0 Å². The molecule has 3 aromatic carbocycles. The molecule has 3 atom stereocenters. The predicted octanol–water partition coefficient (Wildman–Crippen LogP) is 6.15. The van der Waals surface area contributed by atoms with Gasteiger partial charge >= 0.3 is 0 Å². The van der Waals surface area contributed by atoms with Crippen molar-refractivity contribution >= 4 is 29.7 Å². The van der Waals surface area contributed by atoms with Crippen molar-refractivity contribution in [2.24, 2.45) is 5.92 Å². The molecule has 1 saturated carbocycles. The molecule has 3 aromatic rings. The molecule has 2 fully saturated rings. The third kappa shape index (κ3) is 6.36. The van der Waals surface area contributed by atoms with Crippen LogP contribution in [0, 0.1) is 18.7 Å². The first kappa shape index (κ1) is 26.2. The molecular formula is C32H33FN2O2S. The molecule has 196 valence electrons. The number of aryl methyl sites for hydroxylation is 1. The largest absolute Gasteiger partial charge is 0.356 e. The fourth-order valence-corrected chi connectivity index (χ4v) is 6.75. The number of amides is 2. The minimum absolute atomic E-state index is 0.0233. The van der Waals surface area contributed by atoms with E-state index in [-0.39, 0.29) is 34.8 Å². The van der Waals surface area contributed by atoms with Gasteiger partial charge in [-0.1, -0.05) is 72.3 Å². The smallest absolute Gasteiger partial charge is 0.260 e. The molecule has 1 aliphatic carbocycles. The lowest BCUT2D eigenvalue weighted by molar-refractivity contribution is -0.133. The van der Waals surface area contributed by atoms with Crippen molar-refractivity contribution in [3.05, 3.63) is 112 Å². The van der Waals surface area contributed by atoms with Crippen molar-refractivity contribution in [2.75, 3.05) is 6.54 Å². The second kappa shape index (κ2) is 12.0. The zero-order chi connectivity index (χ0) is 26.5. The van der Waals surface area contributed by atoms with E-state index in [1.54, 1.807) is 23.9 Å². The van der Waals surface area contributed by atoms with Crippen LogP contribution in [-0.2, 0) is 22.6 Å². The van der Waals surface area contributed by atoms with Crippen LogP contribution >= 0.6 is 11.8 Å². The van der Waals surface area contributed by atoms with Crippen LogP contribution in [0.3, 0.4) is 0 Å². The number of hydrogen-bond donors (Lipinski definition) is 1. The topological polar surface area (TPSA) is 49.4 Å². The number of hydrogen-bond acceptors (Lipinski definition) is 3. The normalized spacial score (nSPS) is 22.3. The van der Waals surface area contributed by atoms with Gasteiger partial charge in [0, 0.05) is 30.3 Å². The van der Waals surface area contributed by atoms with Crippen LogP contribution in [0.4, 0.5) is 4.39 Å². The molecular weight excluding hydrogens is 495 g/mol. The zero-order valence-electron chi connectivity index (χ0n) is 21.6. The molecule has 3 unspecified atom stereocenters. The minimum Gasteiger partial charge on any atom is -0.356 e. The van der Waals surface area contributed by atoms with E-state index in [1.807, 2.05) is 41.3 Å². The summed E-state index contributed by atoms with van der Waals surface area (Å²) >= 11 is 1.64. The fraction of sp³-hybridized carbons (Fsp3) is 0.312. The molecule has 1 saturated heterocycles. The van der Waals surface area contributed by atoms with Crippen LogP contribution in [0.5, 0.6) is 0 Å². The number of carbonyl (C=O) groups excluding carboxylic acids is 2. The fourth-order valence-electron chi connectivity index (χ4n) is 5.33. The summed E-state index contributed by atoms with van der Waals surface area (Å²) in [4.78, 5) is 29.5. The Morgan fingerprint density at radius 3 is 2.45 bits per heavy atom. The quantitative estimate of drug-likeness (QED) is 0.375. The maximum atomic E-state index is 13.7. The highest BCUT2D eigenvalue weighted by atomic mass is 32.2.